The molecule has 0 radical (unpaired) electrons. The van der Waals surface area contributed by atoms with E-state index in [0.29, 0.717) is 13.0 Å². The Bertz CT molecular complexity index is 516. The third-order valence-electron chi connectivity index (χ3n) is 4.90. The molecular weight excluding hydrogens is 362 g/mol. The highest BCUT2D eigenvalue weighted by Gasteiger charge is 2.03. The van der Waals surface area contributed by atoms with E-state index in [-0.39, 0.29) is 5.97 Å². The Hall–Kier alpha value is -1.68. The summed E-state index contributed by atoms with van der Waals surface area (Å²) in [7, 11) is 0. The van der Waals surface area contributed by atoms with Crippen molar-refractivity contribution in [3.05, 3.63) is 42.2 Å². The van der Waals surface area contributed by atoms with Crippen LogP contribution in [0.1, 0.15) is 96.0 Å². The Morgan fingerprint density at radius 1 is 0.931 bits per heavy atom. The number of nitrogens with zero attached hydrogens (tertiary/aromatic N) is 1. The van der Waals surface area contributed by atoms with Gasteiger partial charge in [0.05, 0.1) is 0 Å². The van der Waals surface area contributed by atoms with Gasteiger partial charge in [0.15, 0.2) is 0 Å². The van der Waals surface area contributed by atoms with Crippen LogP contribution in [0.25, 0.3) is 0 Å². The zero-order valence-corrected chi connectivity index (χ0v) is 18.4. The summed E-state index contributed by atoms with van der Waals surface area (Å²) >= 11 is 0. The first-order valence-electron chi connectivity index (χ1n) is 11.6. The van der Waals surface area contributed by atoms with Gasteiger partial charge in [-0.25, -0.2) is 0 Å². The zero-order chi connectivity index (χ0) is 20.8. The SMILES string of the molecule is CCOCCCCCCC/C=C\CCCCCCCC(=O)OCc1cccnc1. The van der Waals surface area contributed by atoms with Gasteiger partial charge in [0.1, 0.15) is 6.61 Å². The third kappa shape index (κ3) is 16.9. The van der Waals surface area contributed by atoms with E-state index in [1.807, 2.05) is 12.1 Å². The fourth-order valence-electron chi connectivity index (χ4n) is 3.16. The second kappa shape index (κ2) is 19.6. The minimum atomic E-state index is -0.105. The largest absolute Gasteiger partial charge is 0.461 e. The van der Waals surface area contributed by atoms with E-state index in [1.165, 1.54) is 64.2 Å². The molecule has 0 aliphatic carbocycles. The van der Waals surface area contributed by atoms with Crippen molar-refractivity contribution in [1.29, 1.82) is 0 Å². The number of aromatic nitrogens is 1. The number of esters is 1. The Labute approximate surface area is 178 Å². The highest BCUT2D eigenvalue weighted by molar-refractivity contribution is 5.69. The summed E-state index contributed by atoms with van der Waals surface area (Å²) in [4.78, 5) is 15.7. The van der Waals surface area contributed by atoms with Crippen molar-refractivity contribution in [3.8, 4) is 0 Å². The van der Waals surface area contributed by atoms with E-state index in [4.69, 9.17) is 9.47 Å². The molecule has 0 aromatic carbocycles. The first-order valence-corrected chi connectivity index (χ1v) is 11.6. The first-order chi connectivity index (χ1) is 14.3. The number of hydrogen-bond acceptors (Lipinski definition) is 4. The van der Waals surface area contributed by atoms with E-state index >= 15 is 0 Å². The van der Waals surface area contributed by atoms with Gasteiger partial charge in [0.25, 0.3) is 0 Å². The predicted octanol–water partition coefficient (Wildman–Crippen LogP) is 6.79. The van der Waals surface area contributed by atoms with Crippen LogP contribution < -0.4 is 0 Å². The summed E-state index contributed by atoms with van der Waals surface area (Å²) < 4.78 is 10.6. The lowest BCUT2D eigenvalue weighted by Crippen LogP contribution is -2.04. The van der Waals surface area contributed by atoms with Crippen LogP contribution in [0.3, 0.4) is 0 Å². The zero-order valence-electron chi connectivity index (χ0n) is 18.4. The number of pyridine rings is 1. The Morgan fingerprint density at radius 3 is 2.24 bits per heavy atom. The van der Waals surface area contributed by atoms with Crippen LogP contribution in [0.15, 0.2) is 36.7 Å². The minimum absolute atomic E-state index is 0.105. The molecule has 0 spiro atoms. The van der Waals surface area contributed by atoms with Crippen molar-refractivity contribution < 1.29 is 14.3 Å². The first kappa shape index (κ1) is 25.4. The third-order valence-corrected chi connectivity index (χ3v) is 4.90. The number of rotatable bonds is 19. The molecule has 0 saturated heterocycles. The molecular formula is C25H41NO3. The minimum Gasteiger partial charge on any atom is -0.461 e. The van der Waals surface area contributed by atoms with Gasteiger partial charge in [0.2, 0.25) is 0 Å². The molecule has 4 nitrogen and oxygen atoms in total. The van der Waals surface area contributed by atoms with Crippen LogP contribution in [-0.4, -0.2) is 24.2 Å². The van der Waals surface area contributed by atoms with Crippen molar-refractivity contribution in [3.63, 3.8) is 0 Å². The van der Waals surface area contributed by atoms with Crippen molar-refractivity contribution in [1.82, 2.24) is 4.98 Å². The van der Waals surface area contributed by atoms with E-state index < -0.39 is 0 Å². The van der Waals surface area contributed by atoms with Gasteiger partial charge < -0.3 is 9.47 Å². The average molecular weight is 404 g/mol. The lowest BCUT2D eigenvalue weighted by atomic mass is 10.1. The summed E-state index contributed by atoms with van der Waals surface area (Å²) in [6.45, 7) is 4.14. The molecule has 1 aromatic rings. The smallest absolute Gasteiger partial charge is 0.306 e. The second-order valence-electron chi connectivity index (χ2n) is 7.55. The summed E-state index contributed by atoms with van der Waals surface area (Å²) in [5.74, 6) is -0.105. The Kier molecular flexibility index (Phi) is 17.2. The molecule has 0 aliphatic rings. The second-order valence-corrected chi connectivity index (χ2v) is 7.55. The molecule has 29 heavy (non-hydrogen) atoms. The molecule has 1 rings (SSSR count). The Balaban J connectivity index is 1.79. The maximum absolute atomic E-state index is 11.7. The number of allylic oxidation sites excluding steroid dienone is 2. The monoisotopic (exact) mass is 403 g/mol. The predicted molar refractivity (Wildman–Crippen MR) is 120 cm³/mol. The van der Waals surface area contributed by atoms with E-state index in [0.717, 1.165) is 31.6 Å². The van der Waals surface area contributed by atoms with Crippen LogP contribution in [0, 0.1) is 0 Å². The van der Waals surface area contributed by atoms with Gasteiger partial charge in [-0.05, 0) is 51.5 Å². The summed E-state index contributed by atoms with van der Waals surface area (Å²) in [6.07, 6.45) is 23.2. The summed E-state index contributed by atoms with van der Waals surface area (Å²) in [5.41, 5.74) is 0.936. The number of carbonyl (C=O) groups excluding carboxylic acids is 1. The maximum Gasteiger partial charge on any atom is 0.306 e. The molecule has 0 unspecified atom stereocenters. The quantitative estimate of drug-likeness (QED) is 0.145. The van der Waals surface area contributed by atoms with Crippen LogP contribution in [0.4, 0.5) is 0 Å². The van der Waals surface area contributed by atoms with Gasteiger partial charge in [-0.1, -0.05) is 56.7 Å². The molecule has 0 atom stereocenters. The van der Waals surface area contributed by atoms with Gasteiger partial charge in [-0.15, -0.1) is 0 Å². The van der Waals surface area contributed by atoms with Gasteiger partial charge in [0, 0.05) is 37.6 Å². The summed E-state index contributed by atoms with van der Waals surface area (Å²) in [5, 5.41) is 0. The standard InChI is InChI=1S/C25H41NO3/c1-2-28-21-16-14-12-10-8-6-4-3-5-7-9-11-13-15-19-25(27)29-23-24-18-17-20-26-22-24/h3-4,17-18,20,22H,2,5-16,19,21,23H2,1H3/b4-3-. The van der Waals surface area contributed by atoms with E-state index in [2.05, 4.69) is 24.1 Å². The van der Waals surface area contributed by atoms with Crippen molar-refractivity contribution in [2.75, 3.05) is 13.2 Å². The Morgan fingerprint density at radius 2 is 1.59 bits per heavy atom. The maximum atomic E-state index is 11.7. The number of hydrogen-bond donors (Lipinski definition) is 0. The highest BCUT2D eigenvalue weighted by atomic mass is 16.5. The molecule has 1 aromatic heterocycles. The lowest BCUT2D eigenvalue weighted by Gasteiger charge is -2.04. The number of unbranched alkanes of at least 4 members (excludes halogenated alkanes) is 10. The molecule has 0 saturated carbocycles. The van der Waals surface area contributed by atoms with Crippen molar-refractivity contribution in [2.45, 2.75) is 97.0 Å². The van der Waals surface area contributed by atoms with E-state index in [1.54, 1.807) is 12.4 Å². The fraction of sp³-hybridized carbons (Fsp3) is 0.680. The van der Waals surface area contributed by atoms with E-state index in [9.17, 15) is 4.79 Å². The van der Waals surface area contributed by atoms with Crippen LogP contribution in [0.5, 0.6) is 0 Å². The summed E-state index contributed by atoms with van der Waals surface area (Å²) in [6, 6.07) is 3.77. The topological polar surface area (TPSA) is 48.4 Å². The molecule has 4 heteroatoms. The molecule has 0 amide bonds. The molecule has 1 heterocycles. The highest BCUT2D eigenvalue weighted by Crippen LogP contribution is 2.10. The normalized spacial score (nSPS) is 11.2. The van der Waals surface area contributed by atoms with Gasteiger partial charge >= 0.3 is 5.97 Å². The molecule has 0 aliphatic heterocycles. The lowest BCUT2D eigenvalue weighted by molar-refractivity contribution is -0.145. The number of carbonyl (C=O) groups is 1. The van der Waals surface area contributed by atoms with Crippen molar-refractivity contribution in [2.24, 2.45) is 0 Å². The van der Waals surface area contributed by atoms with Gasteiger partial charge in [-0.3, -0.25) is 9.78 Å². The molecule has 0 fully saturated rings. The van der Waals surface area contributed by atoms with Crippen LogP contribution in [0.2, 0.25) is 0 Å². The average Bonchev–Trinajstić information content (AvgIpc) is 2.75. The molecule has 0 bridgehead atoms. The molecule has 164 valence electrons. The fourth-order valence-corrected chi connectivity index (χ4v) is 3.16. The number of ether oxygens (including phenoxy) is 2. The van der Waals surface area contributed by atoms with Crippen LogP contribution in [-0.2, 0) is 20.9 Å². The van der Waals surface area contributed by atoms with Crippen LogP contribution >= 0.6 is 0 Å². The van der Waals surface area contributed by atoms with Gasteiger partial charge in [-0.2, -0.15) is 0 Å². The van der Waals surface area contributed by atoms with Crippen molar-refractivity contribution >= 4 is 5.97 Å². The molecule has 0 N–H and O–H groups in total.